The molecule has 2 heterocycles. The van der Waals surface area contributed by atoms with E-state index in [1.54, 1.807) is 48.5 Å². The fraction of sp³-hybridized carbons (Fsp3) is 0.273. The molecule has 2 aromatic rings. The minimum atomic E-state index is -1.02. The molecule has 12 heteroatoms. The van der Waals surface area contributed by atoms with E-state index in [2.05, 4.69) is 0 Å². The molecule has 2 atom stereocenters. The smallest absolute Gasteiger partial charge is 0.327 e. The quantitative estimate of drug-likeness (QED) is 0.508. The molecule has 4 rings (SSSR count). The summed E-state index contributed by atoms with van der Waals surface area (Å²) >= 11 is 2.81. The largest absolute Gasteiger partial charge is 0.480 e. The van der Waals surface area contributed by atoms with Gasteiger partial charge in [0.2, 0.25) is 0 Å². The number of carbonyl (C=O) groups excluding carboxylic acids is 2. The molecule has 2 N–H and O–H groups in total. The Balaban J connectivity index is 1.54. The fourth-order valence-electron chi connectivity index (χ4n) is 3.53. The number of rotatable bonds is 7. The molecule has 178 valence electrons. The van der Waals surface area contributed by atoms with Gasteiger partial charge in [-0.15, -0.1) is 23.5 Å². The molecule has 0 bridgehead atoms. The minimum absolute atomic E-state index is 0.317. The molecule has 2 aliphatic rings. The Hall–Kier alpha value is -2.28. The van der Waals surface area contributed by atoms with Crippen LogP contribution in [0.1, 0.15) is 20.7 Å². The molecule has 0 aromatic heterocycles. The Kier molecular flexibility index (Phi) is 8.02. The second-order valence-electron chi connectivity index (χ2n) is 7.42. The Labute approximate surface area is 212 Å². The third kappa shape index (κ3) is 5.19. The summed E-state index contributed by atoms with van der Waals surface area (Å²) in [6, 6.07) is 12.2. The van der Waals surface area contributed by atoms with Crippen molar-refractivity contribution >= 4 is 68.9 Å². The summed E-state index contributed by atoms with van der Waals surface area (Å²) in [5, 5.41) is 18.9. The number of thioether (sulfide) groups is 2. The summed E-state index contributed by atoms with van der Waals surface area (Å²) in [7, 11) is 2.60. The number of benzene rings is 2. The molecular weight excluding hydrogens is 517 g/mol. The lowest BCUT2D eigenvalue weighted by Crippen LogP contribution is -2.42. The van der Waals surface area contributed by atoms with Crippen LogP contribution in [0.3, 0.4) is 0 Å². The average molecular weight is 537 g/mol. The van der Waals surface area contributed by atoms with Gasteiger partial charge in [0.15, 0.2) is 0 Å². The Bertz CT molecular complexity index is 1040. The molecule has 2 aliphatic heterocycles. The monoisotopic (exact) mass is 536 g/mol. The first-order valence-electron chi connectivity index (χ1n) is 10.1. The Morgan fingerprint density at radius 2 is 1.09 bits per heavy atom. The van der Waals surface area contributed by atoms with E-state index in [9.17, 15) is 29.4 Å². The number of carboxylic acids is 2. The van der Waals surface area contributed by atoms with Crippen molar-refractivity contribution in [2.75, 3.05) is 23.3 Å². The number of aliphatic carboxylic acids is 2. The first-order chi connectivity index (χ1) is 16.4. The van der Waals surface area contributed by atoms with Gasteiger partial charge in [0.05, 0.1) is 22.9 Å². The van der Waals surface area contributed by atoms with Gasteiger partial charge in [-0.1, -0.05) is 45.9 Å². The lowest BCUT2D eigenvalue weighted by molar-refractivity contribution is -0.141. The van der Waals surface area contributed by atoms with E-state index in [0.717, 1.165) is 0 Å². The molecule has 2 amide bonds. The van der Waals surface area contributed by atoms with Crippen LogP contribution in [0.4, 0.5) is 0 Å². The summed E-state index contributed by atoms with van der Waals surface area (Å²) in [4.78, 5) is 53.4. The summed E-state index contributed by atoms with van der Waals surface area (Å²) in [5.41, 5.74) is 0.805. The highest BCUT2D eigenvalue weighted by molar-refractivity contribution is 8.76. The topological polar surface area (TPSA) is 115 Å². The third-order valence-corrected chi connectivity index (χ3v) is 9.82. The molecule has 0 spiro atoms. The number of carboxylic acid groups (broad SMARTS) is 2. The van der Waals surface area contributed by atoms with Crippen LogP contribution in [0.2, 0.25) is 0 Å². The zero-order valence-corrected chi connectivity index (χ0v) is 20.9. The van der Waals surface area contributed by atoms with Gasteiger partial charge in [0, 0.05) is 21.3 Å². The number of amides is 2. The van der Waals surface area contributed by atoms with Crippen molar-refractivity contribution in [3.8, 4) is 0 Å². The zero-order chi connectivity index (χ0) is 24.2. The fourth-order valence-corrected chi connectivity index (χ4v) is 8.16. The molecule has 2 saturated heterocycles. The lowest BCUT2D eigenvalue weighted by atomic mass is 10.2. The van der Waals surface area contributed by atoms with Gasteiger partial charge in [-0.3, -0.25) is 9.59 Å². The molecular formula is C22H20N2O6S4. The van der Waals surface area contributed by atoms with E-state index < -0.39 is 24.0 Å². The van der Waals surface area contributed by atoms with Crippen LogP contribution < -0.4 is 0 Å². The van der Waals surface area contributed by atoms with Crippen LogP contribution in [-0.4, -0.2) is 79.1 Å². The van der Waals surface area contributed by atoms with Crippen molar-refractivity contribution in [1.29, 1.82) is 0 Å². The molecule has 0 saturated carbocycles. The number of hydrogen-bond donors (Lipinski definition) is 2. The highest BCUT2D eigenvalue weighted by Crippen LogP contribution is 2.41. The van der Waals surface area contributed by atoms with Crippen LogP contribution in [0, 0.1) is 0 Å². The average Bonchev–Trinajstić information content (AvgIpc) is 3.52. The van der Waals surface area contributed by atoms with Gasteiger partial charge in [0.1, 0.15) is 12.1 Å². The van der Waals surface area contributed by atoms with Crippen LogP contribution in [0.15, 0.2) is 58.3 Å². The predicted molar refractivity (Wildman–Crippen MR) is 134 cm³/mol. The second kappa shape index (κ2) is 11.0. The molecule has 0 aliphatic carbocycles. The van der Waals surface area contributed by atoms with E-state index in [0.29, 0.717) is 44.2 Å². The molecule has 8 nitrogen and oxygen atoms in total. The van der Waals surface area contributed by atoms with Crippen LogP contribution in [0.5, 0.6) is 0 Å². The van der Waals surface area contributed by atoms with Crippen LogP contribution in [0.25, 0.3) is 0 Å². The molecule has 0 unspecified atom stereocenters. The van der Waals surface area contributed by atoms with Crippen molar-refractivity contribution in [1.82, 2.24) is 9.80 Å². The summed E-state index contributed by atoms with van der Waals surface area (Å²) in [6.45, 7) is 0. The maximum Gasteiger partial charge on any atom is 0.327 e. The Morgan fingerprint density at radius 3 is 1.47 bits per heavy atom. The van der Waals surface area contributed by atoms with E-state index in [-0.39, 0.29) is 11.8 Å². The van der Waals surface area contributed by atoms with E-state index in [4.69, 9.17) is 0 Å². The Morgan fingerprint density at radius 1 is 0.706 bits per heavy atom. The molecule has 2 fully saturated rings. The van der Waals surface area contributed by atoms with Gasteiger partial charge in [-0.2, -0.15) is 0 Å². The van der Waals surface area contributed by atoms with Gasteiger partial charge in [-0.25, -0.2) is 9.59 Å². The van der Waals surface area contributed by atoms with Crippen molar-refractivity contribution in [2.24, 2.45) is 0 Å². The van der Waals surface area contributed by atoms with Gasteiger partial charge in [0.25, 0.3) is 11.8 Å². The third-order valence-electron chi connectivity index (χ3n) is 5.31. The number of carbonyl (C=O) groups is 4. The van der Waals surface area contributed by atoms with Crippen molar-refractivity contribution in [2.45, 2.75) is 21.9 Å². The van der Waals surface area contributed by atoms with Gasteiger partial charge < -0.3 is 20.0 Å². The SMILES string of the molecule is O=C(O)[C@@H]1CSCN1C(=O)c1ccccc1SSc1ccccc1C(=O)N1CSC[C@H]1C(=O)O. The van der Waals surface area contributed by atoms with E-state index >= 15 is 0 Å². The highest BCUT2D eigenvalue weighted by Gasteiger charge is 2.37. The zero-order valence-electron chi connectivity index (χ0n) is 17.7. The molecule has 34 heavy (non-hydrogen) atoms. The van der Waals surface area contributed by atoms with E-state index in [1.807, 2.05) is 0 Å². The van der Waals surface area contributed by atoms with Crippen molar-refractivity contribution in [3.05, 3.63) is 59.7 Å². The van der Waals surface area contributed by atoms with Crippen LogP contribution in [-0.2, 0) is 9.59 Å². The molecule has 0 radical (unpaired) electrons. The summed E-state index contributed by atoms with van der Waals surface area (Å²) < 4.78 is 0. The van der Waals surface area contributed by atoms with E-state index in [1.165, 1.54) is 54.9 Å². The standard InChI is InChI=1S/C22H20N2O6S4/c25-19(23-11-31-9-15(23)21(27)28)13-5-1-3-7-17(13)33-34-18-8-4-2-6-14(18)20(26)24-12-32-10-16(24)22(29)30/h1-8,15-16H,9-12H2,(H,27,28)(H,29,30)/t15-,16-/m0/s1. The van der Waals surface area contributed by atoms with Crippen molar-refractivity contribution in [3.63, 3.8) is 0 Å². The predicted octanol–water partition coefficient (Wildman–Crippen LogP) is 3.69. The van der Waals surface area contributed by atoms with Gasteiger partial charge in [-0.05, 0) is 24.3 Å². The second-order valence-corrected chi connectivity index (χ2v) is 11.6. The summed E-state index contributed by atoms with van der Waals surface area (Å²) in [5.74, 6) is -1.39. The molecule has 2 aromatic carbocycles. The maximum absolute atomic E-state index is 13.2. The number of hydrogen-bond acceptors (Lipinski definition) is 8. The number of nitrogens with zero attached hydrogens (tertiary/aromatic N) is 2. The first-order valence-corrected chi connectivity index (χ1v) is 14.6. The minimum Gasteiger partial charge on any atom is -0.480 e. The van der Waals surface area contributed by atoms with Crippen LogP contribution >= 0.6 is 45.1 Å². The lowest BCUT2D eigenvalue weighted by Gasteiger charge is -2.22. The summed E-state index contributed by atoms with van der Waals surface area (Å²) in [6.07, 6.45) is 0. The van der Waals surface area contributed by atoms with Gasteiger partial charge >= 0.3 is 11.9 Å². The maximum atomic E-state index is 13.2. The van der Waals surface area contributed by atoms with Crippen molar-refractivity contribution < 1.29 is 29.4 Å². The highest BCUT2D eigenvalue weighted by atomic mass is 33.1. The first kappa shape index (κ1) is 24.8. The normalized spacial score (nSPS) is 19.9.